The Bertz CT molecular complexity index is 189. The fraction of sp³-hybridized carbons (Fsp3) is 0.571. The standard InChI is InChI=1S/C7H12N2O3/c1-10-2-3-12-9-5-7-4-8-6-11-7/h4,6,9H,2-3,5H2,1H3. The van der Waals surface area contributed by atoms with Crippen molar-refractivity contribution < 1.29 is 14.0 Å². The fourth-order valence-electron chi connectivity index (χ4n) is 0.649. The van der Waals surface area contributed by atoms with Gasteiger partial charge in [-0.3, -0.25) is 4.84 Å². The smallest absolute Gasteiger partial charge is 0.180 e. The molecule has 0 aliphatic heterocycles. The number of rotatable bonds is 6. The lowest BCUT2D eigenvalue weighted by atomic mass is 10.5. The summed E-state index contributed by atoms with van der Waals surface area (Å²) < 4.78 is 9.73. The van der Waals surface area contributed by atoms with Crippen LogP contribution in [0.15, 0.2) is 17.0 Å². The summed E-state index contributed by atoms with van der Waals surface area (Å²) >= 11 is 0. The van der Waals surface area contributed by atoms with Gasteiger partial charge in [-0.2, -0.15) is 5.48 Å². The van der Waals surface area contributed by atoms with Crippen LogP contribution in [0.2, 0.25) is 0 Å². The molecular weight excluding hydrogens is 160 g/mol. The highest BCUT2D eigenvalue weighted by Crippen LogP contribution is 1.94. The number of oxazole rings is 1. The van der Waals surface area contributed by atoms with E-state index in [0.717, 1.165) is 5.76 Å². The molecule has 0 radical (unpaired) electrons. The molecule has 0 aliphatic rings. The van der Waals surface area contributed by atoms with Crippen molar-refractivity contribution in [2.45, 2.75) is 6.54 Å². The summed E-state index contributed by atoms with van der Waals surface area (Å²) in [5.74, 6) is 0.743. The Kier molecular flexibility index (Phi) is 4.36. The van der Waals surface area contributed by atoms with E-state index in [1.165, 1.54) is 6.39 Å². The maximum atomic E-state index is 4.98. The molecule has 0 aliphatic carbocycles. The van der Waals surface area contributed by atoms with Gasteiger partial charge in [-0.25, -0.2) is 4.98 Å². The van der Waals surface area contributed by atoms with Crippen molar-refractivity contribution in [1.82, 2.24) is 10.5 Å². The van der Waals surface area contributed by atoms with Gasteiger partial charge < -0.3 is 9.15 Å². The van der Waals surface area contributed by atoms with Gasteiger partial charge >= 0.3 is 0 Å². The molecule has 0 aromatic carbocycles. The number of methoxy groups -OCH3 is 1. The van der Waals surface area contributed by atoms with E-state index in [1.54, 1.807) is 13.3 Å². The van der Waals surface area contributed by atoms with Gasteiger partial charge in [0.05, 0.1) is 26.0 Å². The summed E-state index contributed by atoms with van der Waals surface area (Å²) in [6.07, 6.45) is 3.01. The zero-order chi connectivity index (χ0) is 8.65. The highest BCUT2D eigenvalue weighted by Gasteiger charge is 1.94. The second-order valence-electron chi connectivity index (χ2n) is 2.13. The zero-order valence-corrected chi connectivity index (χ0v) is 6.95. The molecule has 1 aromatic heterocycles. The third-order valence-corrected chi connectivity index (χ3v) is 1.22. The van der Waals surface area contributed by atoms with E-state index < -0.39 is 0 Å². The number of hydroxylamine groups is 1. The Morgan fingerprint density at radius 2 is 2.50 bits per heavy atom. The van der Waals surface area contributed by atoms with E-state index in [4.69, 9.17) is 14.0 Å². The minimum atomic E-state index is 0.518. The summed E-state index contributed by atoms with van der Waals surface area (Å²) in [6, 6.07) is 0. The van der Waals surface area contributed by atoms with Crippen molar-refractivity contribution in [1.29, 1.82) is 0 Å². The lowest BCUT2D eigenvalue weighted by Crippen LogP contribution is -2.16. The van der Waals surface area contributed by atoms with E-state index >= 15 is 0 Å². The molecule has 0 spiro atoms. The third-order valence-electron chi connectivity index (χ3n) is 1.22. The van der Waals surface area contributed by atoms with Crippen LogP contribution in [0.4, 0.5) is 0 Å². The van der Waals surface area contributed by atoms with Gasteiger partial charge in [0, 0.05) is 7.11 Å². The highest BCUT2D eigenvalue weighted by molar-refractivity contribution is 4.85. The molecule has 1 N–H and O–H groups in total. The summed E-state index contributed by atoms with van der Waals surface area (Å²) in [4.78, 5) is 8.73. The van der Waals surface area contributed by atoms with Crippen molar-refractivity contribution in [2.75, 3.05) is 20.3 Å². The minimum absolute atomic E-state index is 0.518. The lowest BCUT2D eigenvalue weighted by molar-refractivity contribution is 0.00104. The van der Waals surface area contributed by atoms with Gasteiger partial charge in [-0.05, 0) is 0 Å². The fourth-order valence-corrected chi connectivity index (χ4v) is 0.649. The van der Waals surface area contributed by atoms with Crippen molar-refractivity contribution in [3.8, 4) is 0 Å². The summed E-state index contributed by atoms with van der Waals surface area (Å²) in [5.41, 5.74) is 2.71. The molecule has 68 valence electrons. The van der Waals surface area contributed by atoms with E-state index in [-0.39, 0.29) is 0 Å². The molecule has 0 amide bonds. The van der Waals surface area contributed by atoms with Crippen LogP contribution in [-0.4, -0.2) is 25.3 Å². The van der Waals surface area contributed by atoms with Gasteiger partial charge in [0.2, 0.25) is 0 Å². The third kappa shape index (κ3) is 3.47. The summed E-state index contributed by atoms with van der Waals surface area (Å²) in [7, 11) is 1.62. The average Bonchev–Trinajstić information content (AvgIpc) is 2.57. The average molecular weight is 172 g/mol. The Hall–Kier alpha value is -0.910. The molecule has 0 saturated heterocycles. The topological polar surface area (TPSA) is 56.5 Å². The van der Waals surface area contributed by atoms with Gasteiger partial charge in [0.15, 0.2) is 6.39 Å². The number of nitrogens with zero attached hydrogens (tertiary/aromatic N) is 1. The second kappa shape index (κ2) is 5.70. The number of hydrogen-bond donors (Lipinski definition) is 1. The maximum absolute atomic E-state index is 4.98. The molecule has 0 bridgehead atoms. The van der Waals surface area contributed by atoms with Crippen LogP contribution in [0.1, 0.15) is 5.76 Å². The summed E-state index contributed by atoms with van der Waals surface area (Å²) in [6.45, 7) is 1.61. The SMILES string of the molecule is COCCONCc1cnco1. The molecule has 1 heterocycles. The normalized spacial score (nSPS) is 10.4. The Labute approximate surface area is 70.6 Å². The van der Waals surface area contributed by atoms with Crippen molar-refractivity contribution in [2.24, 2.45) is 0 Å². The number of nitrogens with one attached hydrogen (secondary N) is 1. The Balaban J connectivity index is 1.96. The van der Waals surface area contributed by atoms with Crippen LogP contribution in [0.25, 0.3) is 0 Å². The van der Waals surface area contributed by atoms with E-state index in [2.05, 4.69) is 10.5 Å². The van der Waals surface area contributed by atoms with Crippen LogP contribution in [0, 0.1) is 0 Å². The quantitative estimate of drug-likeness (QED) is 0.495. The monoisotopic (exact) mass is 172 g/mol. The minimum Gasteiger partial charge on any atom is -0.447 e. The van der Waals surface area contributed by atoms with Gasteiger partial charge in [0.1, 0.15) is 5.76 Å². The van der Waals surface area contributed by atoms with Crippen molar-refractivity contribution >= 4 is 0 Å². The first-order chi connectivity index (χ1) is 5.93. The van der Waals surface area contributed by atoms with Crippen LogP contribution in [-0.2, 0) is 16.1 Å². The van der Waals surface area contributed by atoms with E-state index in [9.17, 15) is 0 Å². The lowest BCUT2D eigenvalue weighted by Gasteiger charge is -2.01. The Morgan fingerprint density at radius 1 is 1.58 bits per heavy atom. The molecule has 0 atom stereocenters. The number of hydrogen-bond acceptors (Lipinski definition) is 5. The molecule has 0 unspecified atom stereocenters. The number of aromatic nitrogens is 1. The molecule has 0 fully saturated rings. The first-order valence-corrected chi connectivity index (χ1v) is 3.64. The molecule has 5 heteroatoms. The molecular formula is C7H12N2O3. The molecule has 5 nitrogen and oxygen atoms in total. The van der Waals surface area contributed by atoms with Crippen LogP contribution >= 0.6 is 0 Å². The van der Waals surface area contributed by atoms with Crippen molar-refractivity contribution in [3.05, 3.63) is 18.4 Å². The van der Waals surface area contributed by atoms with E-state index in [1.807, 2.05) is 0 Å². The van der Waals surface area contributed by atoms with Crippen LogP contribution in [0.5, 0.6) is 0 Å². The highest BCUT2D eigenvalue weighted by atomic mass is 16.7. The predicted molar refractivity (Wildman–Crippen MR) is 41.2 cm³/mol. The number of ether oxygens (including phenoxy) is 1. The van der Waals surface area contributed by atoms with Gasteiger partial charge in [-0.15, -0.1) is 0 Å². The summed E-state index contributed by atoms with van der Waals surface area (Å²) in [5, 5.41) is 0. The molecule has 1 aromatic rings. The second-order valence-corrected chi connectivity index (χ2v) is 2.13. The van der Waals surface area contributed by atoms with Crippen LogP contribution < -0.4 is 5.48 Å². The molecule has 12 heavy (non-hydrogen) atoms. The first-order valence-electron chi connectivity index (χ1n) is 3.64. The predicted octanol–water partition coefficient (Wildman–Crippen LogP) is 0.342. The van der Waals surface area contributed by atoms with Crippen LogP contribution in [0.3, 0.4) is 0 Å². The van der Waals surface area contributed by atoms with E-state index in [0.29, 0.717) is 19.8 Å². The van der Waals surface area contributed by atoms with Gasteiger partial charge in [0.25, 0.3) is 0 Å². The largest absolute Gasteiger partial charge is 0.447 e. The zero-order valence-electron chi connectivity index (χ0n) is 6.95. The maximum Gasteiger partial charge on any atom is 0.180 e. The Morgan fingerprint density at radius 3 is 3.17 bits per heavy atom. The van der Waals surface area contributed by atoms with Crippen molar-refractivity contribution in [3.63, 3.8) is 0 Å². The molecule has 0 saturated carbocycles. The molecule has 1 rings (SSSR count). The first kappa shape index (κ1) is 9.18. The van der Waals surface area contributed by atoms with Gasteiger partial charge in [-0.1, -0.05) is 0 Å².